The first-order valence-electron chi connectivity index (χ1n) is 10.2. The topological polar surface area (TPSA) is 146 Å². The Morgan fingerprint density at radius 3 is 1.82 bits per heavy atom. The lowest BCUT2D eigenvalue weighted by Crippen LogP contribution is -2.68. The number of carbonyl (C=O) groups excluding carboxylic acids is 4. The van der Waals surface area contributed by atoms with Crippen molar-refractivity contribution < 1.29 is 48.3 Å². The van der Waals surface area contributed by atoms with E-state index >= 15 is 0 Å². The maximum atomic E-state index is 13.1. The minimum atomic E-state index is -2.53. The molecule has 0 saturated heterocycles. The van der Waals surface area contributed by atoms with Gasteiger partial charge in [-0.05, 0) is 12.0 Å². The Morgan fingerprint density at radius 1 is 0.818 bits per heavy atom. The van der Waals surface area contributed by atoms with Gasteiger partial charge in [0.15, 0.2) is 0 Å². The average Bonchev–Trinajstić information content (AvgIpc) is 2.82. The molecule has 178 valence electrons. The SMILES string of the molecule is COC(=O)C1=C(O)C(C(=O)OC)C2(O)C(C(=O)OC)C1CC(c1ccccc1)C2C(=O)OC. The van der Waals surface area contributed by atoms with Crippen LogP contribution in [0.15, 0.2) is 41.7 Å². The number of aliphatic hydroxyl groups excluding tert-OH is 1. The average molecular weight is 462 g/mol. The molecule has 33 heavy (non-hydrogen) atoms. The predicted molar refractivity (Wildman–Crippen MR) is 110 cm³/mol. The minimum Gasteiger partial charge on any atom is -0.511 e. The first kappa shape index (κ1) is 24.2. The molecule has 1 saturated carbocycles. The fraction of sp³-hybridized carbons (Fsp3) is 0.478. The smallest absolute Gasteiger partial charge is 0.337 e. The van der Waals surface area contributed by atoms with E-state index in [0.717, 1.165) is 28.4 Å². The summed E-state index contributed by atoms with van der Waals surface area (Å²) in [6, 6.07) is 8.64. The normalized spacial score (nSPS) is 30.8. The largest absolute Gasteiger partial charge is 0.511 e. The van der Waals surface area contributed by atoms with Crippen LogP contribution in [0.1, 0.15) is 17.9 Å². The van der Waals surface area contributed by atoms with Crippen LogP contribution in [0.25, 0.3) is 0 Å². The molecule has 6 atom stereocenters. The van der Waals surface area contributed by atoms with Crippen molar-refractivity contribution >= 4 is 23.9 Å². The predicted octanol–water partition coefficient (Wildman–Crippen LogP) is 0.887. The molecule has 0 radical (unpaired) electrons. The number of benzene rings is 1. The number of hydrogen-bond donors (Lipinski definition) is 2. The number of esters is 4. The van der Waals surface area contributed by atoms with Crippen LogP contribution in [0.5, 0.6) is 0 Å². The first-order chi connectivity index (χ1) is 15.7. The fourth-order valence-electron chi connectivity index (χ4n) is 5.36. The van der Waals surface area contributed by atoms with Crippen molar-refractivity contribution in [3.05, 3.63) is 47.2 Å². The molecule has 3 rings (SSSR count). The van der Waals surface area contributed by atoms with Crippen molar-refractivity contribution in [2.24, 2.45) is 23.7 Å². The summed E-state index contributed by atoms with van der Waals surface area (Å²) in [6.45, 7) is 0. The molecular formula is C23H26O10. The highest BCUT2D eigenvalue weighted by molar-refractivity contribution is 5.96. The van der Waals surface area contributed by atoms with Crippen LogP contribution >= 0.6 is 0 Å². The summed E-state index contributed by atoms with van der Waals surface area (Å²) in [6.07, 6.45) is -0.0196. The molecular weight excluding hydrogens is 436 g/mol. The molecule has 10 heteroatoms. The third kappa shape index (κ3) is 3.64. The van der Waals surface area contributed by atoms with Crippen molar-refractivity contribution in [1.29, 1.82) is 0 Å². The van der Waals surface area contributed by atoms with Gasteiger partial charge in [0.2, 0.25) is 0 Å². The van der Waals surface area contributed by atoms with Gasteiger partial charge in [-0.15, -0.1) is 0 Å². The monoisotopic (exact) mass is 462 g/mol. The minimum absolute atomic E-state index is 0.0196. The van der Waals surface area contributed by atoms with Crippen LogP contribution < -0.4 is 0 Å². The van der Waals surface area contributed by atoms with Gasteiger partial charge in [0.1, 0.15) is 17.3 Å². The molecule has 2 N–H and O–H groups in total. The Bertz CT molecular complexity index is 984. The second-order valence-corrected chi connectivity index (χ2v) is 8.00. The van der Waals surface area contributed by atoms with E-state index in [2.05, 4.69) is 0 Å². The Hall–Kier alpha value is -3.40. The molecule has 0 aromatic heterocycles. The zero-order chi connectivity index (χ0) is 24.5. The van der Waals surface area contributed by atoms with E-state index in [0.29, 0.717) is 5.56 Å². The summed E-state index contributed by atoms with van der Waals surface area (Å²) in [5.41, 5.74) is -2.27. The van der Waals surface area contributed by atoms with Crippen molar-refractivity contribution in [1.82, 2.24) is 0 Å². The van der Waals surface area contributed by atoms with E-state index < -0.39 is 64.8 Å². The molecule has 1 aromatic rings. The van der Waals surface area contributed by atoms with Crippen LogP contribution in [0.4, 0.5) is 0 Å². The standard InChI is InChI=1S/C23H26O10/c1-30-19(25)14-13-10-12(11-8-6-5-7-9-11)15(20(26)31-2)23(29,16(13)21(27)32-3)17(18(14)24)22(28)33-4/h5-9,12-13,15-17,24,29H,10H2,1-4H3. The molecule has 0 amide bonds. The van der Waals surface area contributed by atoms with Crippen molar-refractivity contribution in [3.63, 3.8) is 0 Å². The van der Waals surface area contributed by atoms with Crippen molar-refractivity contribution in [2.75, 3.05) is 28.4 Å². The number of carbonyl (C=O) groups is 4. The zero-order valence-corrected chi connectivity index (χ0v) is 18.6. The molecule has 1 aromatic carbocycles. The molecule has 0 aliphatic heterocycles. The molecule has 2 aliphatic carbocycles. The Kier molecular flexibility index (Phi) is 6.78. The van der Waals surface area contributed by atoms with Gasteiger partial charge in [-0.2, -0.15) is 0 Å². The summed E-state index contributed by atoms with van der Waals surface area (Å²) < 4.78 is 19.5. The highest BCUT2D eigenvalue weighted by Gasteiger charge is 2.71. The van der Waals surface area contributed by atoms with E-state index in [-0.39, 0.29) is 12.0 Å². The highest BCUT2D eigenvalue weighted by atomic mass is 16.5. The van der Waals surface area contributed by atoms with Gasteiger partial charge in [-0.1, -0.05) is 30.3 Å². The lowest BCUT2D eigenvalue weighted by molar-refractivity contribution is -0.208. The molecule has 0 heterocycles. The second kappa shape index (κ2) is 9.22. The van der Waals surface area contributed by atoms with Gasteiger partial charge >= 0.3 is 23.9 Å². The lowest BCUT2D eigenvalue weighted by Gasteiger charge is -2.55. The second-order valence-electron chi connectivity index (χ2n) is 8.00. The van der Waals surface area contributed by atoms with Gasteiger partial charge in [-0.3, -0.25) is 14.4 Å². The van der Waals surface area contributed by atoms with E-state index in [1.54, 1.807) is 30.3 Å². The molecule has 0 spiro atoms. The van der Waals surface area contributed by atoms with Crippen molar-refractivity contribution in [3.8, 4) is 0 Å². The number of aliphatic hydroxyl groups is 2. The third-order valence-electron chi connectivity index (χ3n) is 6.67. The van der Waals surface area contributed by atoms with Gasteiger partial charge in [0.05, 0.1) is 45.8 Å². The van der Waals surface area contributed by atoms with Gasteiger partial charge in [0.25, 0.3) is 0 Å². The van der Waals surface area contributed by atoms with E-state index in [9.17, 15) is 29.4 Å². The molecule has 10 nitrogen and oxygen atoms in total. The van der Waals surface area contributed by atoms with Crippen LogP contribution in [-0.4, -0.2) is 68.1 Å². The van der Waals surface area contributed by atoms with E-state index in [4.69, 9.17) is 18.9 Å². The number of rotatable bonds is 5. The van der Waals surface area contributed by atoms with Crippen LogP contribution in [-0.2, 0) is 38.1 Å². The maximum Gasteiger partial charge on any atom is 0.337 e. The van der Waals surface area contributed by atoms with E-state index in [1.165, 1.54) is 0 Å². The fourth-order valence-corrected chi connectivity index (χ4v) is 5.36. The summed E-state index contributed by atoms with van der Waals surface area (Å²) >= 11 is 0. The Labute approximate surface area is 190 Å². The van der Waals surface area contributed by atoms with Gasteiger partial charge < -0.3 is 29.2 Å². The number of hydrogen-bond acceptors (Lipinski definition) is 10. The lowest BCUT2D eigenvalue weighted by atomic mass is 9.49. The number of methoxy groups -OCH3 is 4. The Balaban J connectivity index is 2.41. The zero-order valence-electron chi connectivity index (χ0n) is 18.6. The summed E-state index contributed by atoms with van der Waals surface area (Å²) in [7, 11) is 4.28. The van der Waals surface area contributed by atoms with Crippen LogP contribution in [0.3, 0.4) is 0 Å². The van der Waals surface area contributed by atoms with E-state index in [1.807, 2.05) is 0 Å². The summed E-state index contributed by atoms with van der Waals surface area (Å²) in [5.74, 6) is -11.7. The number of ether oxygens (including phenoxy) is 4. The van der Waals surface area contributed by atoms with Crippen LogP contribution in [0, 0.1) is 23.7 Å². The van der Waals surface area contributed by atoms with Gasteiger partial charge in [0, 0.05) is 11.8 Å². The number of fused-ring (bicyclic) bond motifs is 2. The molecule has 6 unspecified atom stereocenters. The summed E-state index contributed by atoms with van der Waals surface area (Å²) in [5, 5.41) is 23.1. The highest BCUT2D eigenvalue weighted by Crippen LogP contribution is 2.59. The third-order valence-corrected chi connectivity index (χ3v) is 6.67. The first-order valence-corrected chi connectivity index (χ1v) is 10.2. The summed E-state index contributed by atoms with van der Waals surface area (Å²) in [4.78, 5) is 51.6. The Morgan fingerprint density at radius 2 is 1.33 bits per heavy atom. The molecule has 1 fully saturated rings. The molecule has 2 bridgehead atoms. The van der Waals surface area contributed by atoms with Crippen molar-refractivity contribution in [2.45, 2.75) is 17.9 Å². The maximum absolute atomic E-state index is 13.1. The van der Waals surface area contributed by atoms with Gasteiger partial charge in [-0.25, -0.2) is 4.79 Å². The quantitative estimate of drug-likeness (QED) is 0.478. The van der Waals surface area contributed by atoms with Crippen LogP contribution in [0.2, 0.25) is 0 Å². The molecule has 2 aliphatic rings.